The van der Waals surface area contributed by atoms with Gasteiger partial charge in [-0.15, -0.1) is 0 Å². The summed E-state index contributed by atoms with van der Waals surface area (Å²) in [6.45, 7) is 2.15. The average Bonchev–Trinajstić information content (AvgIpc) is 2.92. The molecule has 3 N–H and O–H groups in total. The van der Waals surface area contributed by atoms with Crippen LogP contribution in [-0.4, -0.2) is 15.5 Å². The van der Waals surface area contributed by atoms with Gasteiger partial charge >= 0.3 is 0 Å². The summed E-state index contributed by atoms with van der Waals surface area (Å²) < 4.78 is 2.09. The number of para-hydroxylation sites is 2. The molecule has 1 aliphatic rings. The van der Waals surface area contributed by atoms with Crippen molar-refractivity contribution in [3.63, 3.8) is 0 Å². The van der Waals surface area contributed by atoms with Crippen LogP contribution in [0.1, 0.15) is 24.2 Å². The molecule has 22 heavy (non-hydrogen) atoms. The zero-order valence-corrected chi connectivity index (χ0v) is 12.3. The summed E-state index contributed by atoms with van der Waals surface area (Å²) in [7, 11) is 0. The van der Waals surface area contributed by atoms with Crippen molar-refractivity contribution >= 4 is 22.9 Å². The summed E-state index contributed by atoms with van der Waals surface area (Å²) in [6, 6.07) is 16.6. The van der Waals surface area contributed by atoms with Crippen LogP contribution in [0.25, 0.3) is 11.0 Å². The molecule has 0 fully saturated rings. The topological polar surface area (TPSA) is 68.2 Å². The maximum Gasteiger partial charge on any atom is 0.212 e. The molecule has 1 aliphatic heterocycles. The number of nitrogens with two attached hydrogens (primary N) is 1. The van der Waals surface area contributed by atoms with E-state index in [4.69, 9.17) is 5.73 Å². The first-order chi connectivity index (χ1) is 10.8. The second-order valence-electron chi connectivity index (χ2n) is 5.40. The summed E-state index contributed by atoms with van der Waals surface area (Å²) >= 11 is 0. The number of imidazole rings is 1. The summed E-state index contributed by atoms with van der Waals surface area (Å²) in [4.78, 5) is 9.18. The Balaban J connectivity index is 1.89. The number of anilines is 1. The van der Waals surface area contributed by atoms with Crippen LogP contribution in [0.5, 0.6) is 0 Å². The fourth-order valence-corrected chi connectivity index (χ4v) is 2.87. The highest BCUT2D eigenvalue weighted by molar-refractivity contribution is 5.94. The number of nitrogens with one attached hydrogen (secondary N) is 1. The summed E-state index contributed by atoms with van der Waals surface area (Å²) in [5, 5.41) is 3.05. The van der Waals surface area contributed by atoms with Crippen LogP contribution < -0.4 is 11.1 Å². The number of nitrogens with zero attached hydrogens (tertiary/aromatic N) is 3. The van der Waals surface area contributed by atoms with Crippen LogP contribution in [-0.2, 0) is 6.42 Å². The van der Waals surface area contributed by atoms with Gasteiger partial charge in [-0.2, -0.15) is 0 Å². The molecule has 4 rings (SSSR count). The van der Waals surface area contributed by atoms with E-state index in [1.165, 1.54) is 5.56 Å². The SMILES string of the molecule is CCc1ccc([C@H]2N=C(N)Nc3nc4ccccc4n32)cc1. The van der Waals surface area contributed by atoms with E-state index < -0.39 is 0 Å². The third-order valence-corrected chi connectivity index (χ3v) is 4.03. The summed E-state index contributed by atoms with van der Waals surface area (Å²) in [6.07, 6.45) is 0.839. The number of fused-ring (bicyclic) bond motifs is 3. The lowest BCUT2D eigenvalue weighted by atomic mass is 10.1. The van der Waals surface area contributed by atoms with E-state index in [9.17, 15) is 0 Å². The zero-order valence-electron chi connectivity index (χ0n) is 12.3. The van der Waals surface area contributed by atoms with Gasteiger partial charge in [-0.25, -0.2) is 9.98 Å². The third-order valence-electron chi connectivity index (χ3n) is 4.03. The fourth-order valence-electron chi connectivity index (χ4n) is 2.87. The summed E-state index contributed by atoms with van der Waals surface area (Å²) in [5.74, 6) is 1.13. The molecule has 0 spiro atoms. The third kappa shape index (κ3) is 1.94. The molecular weight excluding hydrogens is 274 g/mol. The van der Waals surface area contributed by atoms with Crippen LogP contribution in [0.2, 0.25) is 0 Å². The monoisotopic (exact) mass is 291 g/mol. The molecule has 0 saturated carbocycles. The van der Waals surface area contributed by atoms with Gasteiger partial charge in [0.2, 0.25) is 5.95 Å². The van der Waals surface area contributed by atoms with E-state index in [2.05, 4.69) is 57.1 Å². The zero-order chi connectivity index (χ0) is 15.1. The Morgan fingerprint density at radius 2 is 1.91 bits per heavy atom. The maximum atomic E-state index is 5.94. The second kappa shape index (κ2) is 4.87. The molecule has 5 heteroatoms. The van der Waals surface area contributed by atoms with Crippen molar-refractivity contribution in [2.24, 2.45) is 10.7 Å². The number of aryl methyl sites for hydroxylation is 1. The maximum absolute atomic E-state index is 5.94. The predicted molar refractivity (Wildman–Crippen MR) is 88.9 cm³/mol. The van der Waals surface area contributed by atoms with Crippen LogP contribution in [0.4, 0.5) is 5.95 Å². The van der Waals surface area contributed by atoms with Gasteiger partial charge in [-0.05, 0) is 29.7 Å². The van der Waals surface area contributed by atoms with Crippen molar-refractivity contribution < 1.29 is 0 Å². The number of hydrogen-bond acceptors (Lipinski definition) is 4. The minimum absolute atomic E-state index is 0.186. The van der Waals surface area contributed by atoms with Crippen LogP contribution in [0, 0.1) is 0 Å². The van der Waals surface area contributed by atoms with Crippen LogP contribution >= 0.6 is 0 Å². The van der Waals surface area contributed by atoms with Gasteiger partial charge in [0.05, 0.1) is 11.0 Å². The van der Waals surface area contributed by atoms with Crippen molar-refractivity contribution in [2.75, 3.05) is 5.32 Å². The van der Waals surface area contributed by atoms with Crippen molar-refractivity contribution in [3.05, 3.63) is 59.7 Å². The number of guanidine groups is 1. The molecule has 0 amide bonds. The van der Waals surface area contributed by atoms with Crippen molar-refractivity contribution in [3.8, 4) is 0 Å². The predicted octanol–water partition coefficient (Wildman–Crippen LogP) is 2.89. The molecule has 1 atom stereocenters. The molecule has 0 aliphatic carbocycles. The summed E-state index contributed by atoms with van der Waals surface area (Å²) in [5.41, 5.74) is 10.3. The molecule has 0 saturated heterocycles. The number of hydrogen-bond donors (Lipinski definition) is 2. The van der Waals surface area contributed by atoms with Gasteiger partial charge in [0.15, 0.2) is 12.1 Å². The average molecular weight is 291 g/mol. The number of aromatic nitrogens is 2. The van der Waals surface area contributed by atoms with E-state index in [0.717, 1.165) is 29.0 Å². The first-order valence-corrected chi connectivity index (χ1v) is 7.42. The molecule has 110 valence electrons. The Bertz CT molecular complexity index is 860. The van der Waals surface area contributed by atoms with Crippen molar-refractivity contribution in [1.29, 1.82) is 0 Å². The molecule has 3 aromatic rings. The lowest BCUT2D eigenvalue weighted by Gasteiger charge is -2.24. The standard InChI is InChI=1S/C17H17N5/c1-2-11-7-9-12(10-8-11)15-20-16(18)21-17-19-13-5-3-4-6-14(13)22(15)17/h3-10,15H,2H2,1H3,(H3,18,19,20,21)/t15-/m0/s1. The second-order valence-corrected chi connectivity index (χ2v) is 5.40. The Labute approximate surface area is 128 Å². The molecule has 0 radical (unpaired) electrons. The van der Waals surface area contributed by atoms with Crippen molar-refractivity contribution in [1.82, 2.24) is 9.55 Å². The van der Waals surface area contributed by atoms with E-state index in [1.54, 1.807) is 0 Å². The Morgan fingerprint density at radius 3 is 2.68 bits per heavy atom. The Hall–Kier alpha value is -2.82. The van der Waals surface area contributed by atoms with E-state index in [0.29, 0.717) is 5.96 Å². The molecule has 2 aromatic carbocycles. The Morgan fingerprint density at radius 1 is 1.14 bits per heavy atom. The molecule has 1 aromatic heterocycles. The van der Waals surface area contributed by atoms with Crippen LogP contribution in [0.15, 0.2) is 53.5 Å². The van der Waals surface area contributed by atoms with Gasteiger partial charge in [-0.3, -0.25) is 9.88 Å². The van der Waals surface area contributed by atoms with E-state index in [1.807, 2.05) is 18.2 Å². The number of benzene rings is 2. The quantitative estimate of drug-likeness (QED) is 0.763. The van der Waals surface area contributed by atoms with Crippen LogP contribution in [0.3, 0.4) is 0 Å². The highest BCUT2D eigenvalue weighted by atomic mass is 15.4. The molecule has 5 nitrogen and oxygen atoms in total. The van der Waals surface area contributed by atoms with Gasteiger partial charge < -0.3 is 5.73 Å². The molecule has 2 heterocycles. The van der Waals surface area contributed by atoms with E-state index in [-0.39, 0.29) is 6.17 Å². The smallest absolute Gasteiger partial charge is 0.212 e. The first-order valence-electron chi connectivity index (χ1n) is 7.42. The van der Waals surface area contributed by atoms with Crippen molar-refractivity contribution in [2.45, 2.75) is 19.5 Å². The van der Waals surface area contributed by atoms with E-state index >= 15 is 0 Å². The minimum Gasteiger partial charge on any atom is -0.370 e. The molecular formula is C17H17N5. The van der Waals surface area contributed by atoms with Gasteiger partial charge in [0, 0.05) is 0 Å². The highest BCUT2D eigenvalue weighted by Crippen LogP contribution is 2.32. The normalized spacial score (nSPS) is 17.0. The van der Waals surface area contributed by atoms with Gasteiger partial charge in [-0.1, -0.05) is 43.3 Å². The number of aliphatic imine (C=N–C) groups is 1. The van der Waals surface area contributed by atoms with Gasteiger partial charge in [0.25, 0.3) is 0 Å². The highest BCUT2D eigenvalue weighted by Gasteiger charge is 2.24. The lowest BCUT2D eigenvalue weighted by Crippen LogP contribution is -2.31. The number of rotatable bonds is 2. The minimum atomic E-state index is -0.186. The molecule has 0 unspecified atom stereocenters. The molecule has 0 bridgehead atoms. The Kier molecular flexibility index (Phi) is 2.85. The van der Waals surface area contributed by atoms with Gasteiger partial charge in [0.1, 0.15) is 0 Å². The first kappa shape index (κ1) is 12.9. The largest absolute Gasteiger partial charge is 0.370 e. The fraction of sp³-hybridized carbons (Fsp3) is 0.176. The lowest BCUT2D eigenvalue weighted by molar-refractivity contribution is 0.626.